The normalized spacial score (nSPS) is 11.0. The average Bonchev–Trinajstić information content (AvgIpc) is 3.17. The minimum atomic E-state index is -0.622. The van der Waals surface area contributed by atoms with Crippen molar-refractivity contribution in [3.8, 4) is 0 Å². The molecule has 8 nitrogen and oxygen atoms in total. The summed E-state index contributed by atoms with van der Waals surface area (Å²) in [7, 11) is 0. The van der Waals surface area contributed by atoms with Gasteiger partial charge in [-0.15, -0.1) is 0 Å². The number of aryl methyl sites for hydroxylation is 1. The van der Waals surface area contributed by atoms with E-state index in [1.807, 2.05) is 6.92 Å². The van der Waals surface area contributed by atoms with Gasteiger partial charge in [0.1, 0.15) is 5.69 Å². The number of fused-ring (bicyclic) bond motifs is 2. The van der Waals surface area contributed by atoms with Crippen LogP contribution in [0.3, 0.4) is 0 Å². The summed E-state index contributed by atoms with van der Waals surface area (Å²) in [4.78, 5) is 40.7. The number of amides is 2. The van der Waals surface area contributed by atoms with Crippen molar-refractivity contribution in [1.29, 1.82) is 0 Å². The molecule has 0 radical (unpaired) electrons. The summed E-state index contributed by atoms with van der Waals surface area (Å²) in [6, 6.07) is 13.6. The van der Waals surface area contributed by atoms with Gasteiger partial charge in [-0.25, -0.2) is 4.68 Å². The van der Waals surface area contributed by atoms with Gasteiger partial charge in [0.2, 0.25) is 0 Å². The molecule has 0 bridgehead atoms. The highest BCUT2D eigenvalue weighted by atomic mass is 35.5. The number of benzene rings is 2. The van der Waals surface area contributed by atoms with Crippen LogP contribution in [0, 0.1) is 0 Å². The number of hydrogen-bond donors (Lipinski definition) is 3. The van der Waals surface area contributed by atoms with Crippen molar-refractivity contribution in [3.63, 3.8) is 0 Å². The lowest BCUT2D eigenvalue weighted by molar-refractivity contribution is 0.0841. The molecule has 0 aliphatic rings. The van der Waals surface area contributed by atoms with Crippen molar-refractivity contribution in [3.05, 3.63) is 75.3 Å². The number of H-pyrrole nitrogens is 1. The maximum Gasteiger partial charge on any atom is 0.290 e. The molecule has 4 aromatic rings. The van der Waals surface area contributed by atoms with Crippen LogP contribution < -0.4 is 16.4 Å². The topological polar surface area (TPSA) is 109 Å². The fraction of sp³-hybridized carbons (Fsp3) is 0.143. The van der Waals surface area contributed by atoms with Crippen molar-refractivity contribution < 1.29 is 9.59 Å². The number of hydrazine groups is 1. The Balaban J connectivity index is 1.59. The van der Waals surface area contributed by atoms with Gasteiger partial charge in [0.05, 0.1) is 5.39 Å². The SMILES string of the molecule is CCCn1nc(C(=O)NNC(=O)c2cc3cc(Cl)ccc3[nH]2)c2ccccc2c1=O. The number of hydrogen-bond acceptors (Lipinski definition) is 4. The second-order valence-corrected chi connectivity index (χ2v) is 7.18. The summed E-state index contributed by atoms with van der Waals surface area (Å²) in [5.74, 6) is -1.15. The Labute approximate surface area is 175 Å². The van der Waals surface area contributed by atoms with E-state index < -0.39 is 11.8 Å². The summed E-state index contributed by atoms with van der Waals surface area (Å²) >= 11 is 5.97. The summed E-state index contributed by atoms with van der Waals surface area (Å²) in [5, 5.41) is 6.35. The lowest BCUT2D eigenvalue weighted by atomic mass is 10.1. The quantitative estimate of drug-likeness (QED) is 0.438. The number of carbonyl (C=O) groups is 2. The second kappa shape index (κ2) is 8.00. The molecule has 0 aliphatic heterocycles. The molecule has 2 aromatic heterocycles. The van der Waals surface area contributed by atoms with Crippen LogP contribution in [0.2, 0.25) is 5.02 Å². The van der Waals surface area contributed by atoms with Crippen LogP contribution in [0.25, 0.3) is 21.7 Å². The van der Waals surface area contributed by atoms with E-state index in [9.17, 15) is 14.4 Å². The number of carbonyl (C=O) groups excluding carboxylic acids is 2. The van der Waals surface area contributed by atoms with Crippen LogP contribution in [0.5, 0.6) is 0 Å². The Morgan fingerprint density at radius 1 is 1.07 bits per heavy atom. The zero-order valence-electron chi connectivity index (χ0n) is 16.0. The van der Waals surface area contributed by atoms with Gasteiger partial charge >= 0.3 is 0 Å². The third kappa shape index (κ3) is 3.65. The molecule has 4 rings (SSSR count). The maximum absolute atomic E-state index is 12.7. The Kier molecular flexibility index (Phi) is 5.24. The minimum Gasteiger partial charge on any atom is -0.350 e. The van der Waals surface area contributed by atoms with Gasteiger partial charge in [-0.05, 0) is 36.8 Å². The molecule has 0 unspecified atom stereocenters. The highest BCUT2D eigenvalue weighted by Gasteiger charge is 2.18. The first kappa shape index (κ1) is 19.7. The second-order valence-electron chi connectivity index (χ2n) is 6.75. The van der Waals surface area contributed by atoms with E-state index in [0.717, 1.165) is 10.9 Å². The first-order valence-corrected chi connectivity index (χ1v) is 9.74. The van der Waals surface area contributed by atoms with Gasteiger partial charge in [0.25, 0.3) is 17.4 Å². The molecule has 2 amide bonds. The van der Waals surface area contributed by atoms with E-state index in [1.54, 1.807) is 48.5 Å². The van der Waals surface area contributed by atoms with Crippen molar-refractivity contribution >= 4 is 45.1 Å². The molecule has 0 saturated carbocycles. The summed E-state index contributed by atoms with van der Waals surface area (Å²) in [6.07, 6.45) is 0.688. The molecule has 9 heteroatoms. The monoisotopic (exact) mass is 423 g/mol. The molecule has 0 aliphatic carbocycles. The summed E-state index contributed by atoms with van der Waals surface area (Å²) < 4.78 is 1.26. The first-order chi connectivity index (χ1) is 14.5. The van der Waals surface area contributed by atoms with Gasteiger partial charge in [-0.2, -0.15) is 5.10 Å². The van der Waals surface area contributed by atoms with E-state index >= 15 is 0 Å². The molecule has 0 spiro atoms. The summed E-state index contributed by atoms with van der Waals surface area (Å²) in [5.41, 5.74) is 5.55. The Morgan fingerprint density at radius 3 is 2.57 bits per heavy atom. The number of nitrogens with one attached hydrogen (secondary N) is 3. The van der Waals surface area contributed by atoms with Crippen molar-refractivity contribution in [2.24, 2.45) is 0 Å². The lowest BCUT2D eigenvalue weighted by Crippen LogP contribution is -2.43. The molecule has 2 heterocycles. The minimum absolute atomic E-state index is 0.0578. The lowest BCUT2D eigenvalue weighted by Gasteiger charge is -2.11. The predicted octanol–water partition coefficient (Wildman–Crippen LogP) is 3.02. The Morgan fingerprint density at radius 2 is 1.80 bits per heavy atom. The van der Waals surface area contributed by atoms with Crippen molar-refractivity contribution in [2.45, 2.75) is 19.9 Å². The van der Waals surface area contributed by atoms with E-state index in [1.165, 1.54) is 4.68 Å². The molecule has 2 aromatic carbocycles. The molecule has 30 heavy (non-hydrogen) atoms. The van der Waals surface area contributed by atoms with Crippen LogP contribution >= 0.6 is 11.6 Å². The van der Waals surface area contributed by atoms with E-state index in [4.69, 9.17) is 11.6 Å². The number of rotatable bonds is 4. The van der Waals surface area contributed by atoms with Crippen LogP contribution in [0.15, 0.2) is 53.3 Å². The number of halogens is 1. The van der Waals surface area contributed by atoms with E-state index in [2.05, 4.69) is 20.9 Å². The molecular formula is C21H18ClN5O3. The molecule has 152 valence electrons. The third-order valence-corrected chi connectivity index (χ3v) is 4.87. The smallest absolute Gasteiger partial charge is 0.290 e. The zero-order valence-corrected chi connectivity index (χ0v) is 16.8. The number of nitrogens with zero attached hydrogens (tertiary/aromatic N) is 2. The van der Waals surface area contributed by atoms with Crippen LogP contribution in [0.4, 0.5) is 0 Å². The van der Waals surface area contributed by atoms with Crippen molar-refractivity contribution in [2.75, 3.05) is 0 Å². The number of aromatic amines is 1. The van der Waals surface area contributed by atoms with Gasteiger partial charge in [0.15, 0.2) is 5.69 Å². The first-order valence-electron chi connectivity index (χ1n) is 9.36. The van der Waals surface area contributed by atoms with Crippen LogP contribution in [-0.2, 0) is 6.54 Å². The average molecular weight is 424 g/mol. The number of aromatic nitrogens is 3. The van der Waals surface area contributed by atoms with Gasteiger partial charge in [-0.3, -0.25) is 25.2 Å². The third-order valence-electron chi connectivity index (χ3n) is 4.64. The molecule has 0 saturated heterocycles. The largest absolute Gasteiger partial charge is 0.350 e. The molecule has 3 N–H and O–H groups in total. The highest BCUT2D eigenvalue weighted by Crippen LogP contribution is 2.20. The Hall–Kier alpha value is -3.65. The highest BCUT2D eigenvalue weighted by molar-refractivity contribution is 6.31. The van der Waals surface area contributed by atoms with E-state index in [-0.39, 0.29) is 16.9 Å². The maximum atomic E-state index is 12.7. The van der Waals surface area contributed by atoms with Gasteiger partial charge in [0, 0.05) is 27.9 Å². The van der Waals surface area contributed by atoms with Gasteiger partial charge < -0.3 is 4.98 Å². The standard InChI is InChI=1S/C21H18ClN5O3/c1-2-9-27-21(30)15-6-4-3-5-14(15)18(26-27)20(29)25-24-19(28)17-11-12-10-13(22)7-8-16(12)23-17/h3-8,10-11,23H,2,9H2,1H3,(H,24,28)(H,25,29). The van der Waals surface area contributed by atoms with Gasteiger partial charge in [-0.1, -0.05) is 36.7 Å². The summed E-state index contributed by atoms with van der Waals surface area (Å²) in [6.45, 7) is 2.30. The predicted molar refractivity (Wildman–Crippen MR) is 115 cm³/mol. The Bertz CT molecular complexity index is 1340. The fourth-order valence-electron chi connectivity index (χ4n) is 3.23. The van der Waals surface area contributed by atoms with E-state index in [0.29, 0.717) is 28.8 Å². The molecular weight excluding hydrogens is 406 g/mol. The molecule has 0 atom stereocenters. The molecule has 0 fully saturated rings. The van der Waals surface area contributed by atoms with Crippen LogP contribution in [0.1, 0.15) is 34.3 Å². The van der Waals surface area contributed by atoms with Crippen molar-refractivity contribution in [1.82, 2.24) is 25.6 Å². The van der Waals surface area contributed by atoms with Crippen LogP contribution in [-0.4, -0.2) is 26.6 Å². The zero-order chi connectivity index (χ0) is 21.3. The fourth-order valence-corrected chi connectivity index (χ4v) is 3.41.